The minimum atomic E-state index is -0.385. The van der Waals surface area contributed by atoms with E-state index in [9.17, 15) is 14.7 Å². The SMILES string of the molecule is CCOc1ccc(-c2ccc(CO)o2)cc1N1C(=O)c2ccccc2C1=O. The third-order valence-electron chi connectivity index (χ3n) is 4.40. The van der Waals surface area contributed by atoms with Crippen LogP contribution in [0.15, 0.2) is 59.0 Å². The van der Waals surface area contributed by atoms with Gasteiger partial charge in [-0.1, -0.05) is 12.1 Å². The van der Waals surface area contributed by atoms with E-state index >= 15 is 0 Å². The lowest BCUT2D eigenvalue weighted by Crippen LogP contribution is -2.29. The Morgan fingerprint density at radius 2 is 1.70 bits per heavy atom. The lowest BCUT2D eigenvalue weighted by Gasteiger charge is -2.19. The minimum Gasteiger partial charge on any atom is -0.492 e. The Kier molecular flexibility index (Phi) is 4.25. The van der Waals surface area contributed by atoms with Crippen LogP contribution in [0.5, 0.6) is 5.75 Å². The van der Waals surface area contributed by atoms with E-state index in [1.165, 1.54) is 0 Å². The number of anilines is 1. The Balaban J connectivity index is 1.82. The zero-order valence-electron chi connectivity index (χ0n) is 14.6. The highest BCUT2D eigenvalue weighted by Gasteiger charge is 2.38. The Morgan fingerprint density at radius 3 is 2.30 bits per heavy atom. The smallest absolute Gasteiger partial charge is 0.266 e. The molecule has 1 aliphatic rings. The maximum absolute atomic E-state index is 12.9. The Labute approximate surface area is 155 Å². The molecule has 27 heavy (non-hydrogen) atoms. The third kappa shape index (κ3) is 2.80. The molecule has 2 heterocycles. The monoisotopic (exact) mass is 363 g/mol. The first-order valence-electron chi connectivity index (χ1n) is 8.58. The van der Waals surface area contributed by atoms with Crippen LogP contribution in [0.25, 0.3) is 11.3 Å². The molecule has 2 aromatic carbocycles. The fourth-order valence-corrected chi connectivity index (χ4v) is 3.15. The van der Waals surface area contributed by atoms with E-state index in [1.54, 1.807) is 54.6 Å². The van der Waals surface area contributed by atoms with E-state index in [0.29, 0.717) is 46.3 Å². The largest absolute Gasteiger partial charge is 0.492 e. The highest BCUT2D eigenvalue weighted by Crippen LogP contribution is 2.38. The molecular formula is C21H17NO5. The van der Waals surface area contributed by atoms with Crippen LogP contribution >= 0.6 is 0 Å². The molecule has 0 atom stereocenters. The van der Waals surface area contributed by atoms with E-state index in [0.717, 1.165) is 4.90 Å². The number of nitrogens with zero attached hydrogens (tertiary/aromatic N) is 1. The van der Waals surface area contributed by atoms with Crippen molar-refractivity contribution in [3.8, 4) is 17.1 Å². The first-order chi connectivity index (χ1) is 13.1. The number of aliphatic hydroxyl groups is 1. The number of hydrogen-bond acceptors (Lipinski definition) is 5. The molecule has 3 aromatic rings. The van der Waals surface area contributed by atoms with Gasteiger partial charge < -0.3 is 14.3 Å². The Hall–Kier alpha value is -3.38. The van der Waals surface area contributed by atoms with E-state index in [-0.39, 0.29) is 18.4 Å². The second-order valence-electron chi connectivity index (χ2n) is 6.03. The number of fused-ring (bicyclic) bond motifs is 1. The Morgan fingerprint density at radius 1 is 1.00 bits per heavy atom. The number of benzene rings is 2. The molecule has 0 radical (unpaired) electrons. The van der Waals surface area contributed by atoms with Crippen LogP contribution in [0.1, 0.15) is 33.4 Å². The molecule has 6 nitrogen and oxygen atoms in total. The van der Waals surface area contributed by atoms with Crippen LogP contribution in [-0.4, -0.2) is 23.5 Å². The van der Waals surface area contributed by atoms with Crippen LogP contribution in [0.4, 0.5) is 5.69 Å². The van der Waals surface area contributed by atoms with Gasteiger partial charge in [0.15, 0.2) is 0 Å². The van der Waals surface area contributed by atoms with Gasteiger partial charge in [0.2, 0.25) is 0 Å². The molecular weight excluding hydrogens is 346 g/mol. The lowest BCUT2D eigenvalue weighted by molar-refractivity contribution is 0.0925. The van der Waals surface area contributed by atoms with Crippen molar-refractivity contribution in [1.29, 1.82) is 0 Å². The van der Waals surface area contributed by atoms with Gasteiger partial charge in [-0.25, -0.2) is 4.90 Å². The predicted octanol–water partition coefficient (Wildman–Crippen LogP) is 3.64. The summed E-state index contributed by atoms with van der Waals surface area (Å²) < 4.78 is 11.2. The molecule has 1 aromatic heterocycles. The van der Waals surface area contributed by atoms with Gasteiger partial charge >= 0.3 is 0 Å². The fourth-order valence-electron chi connectivity index (χ4n) is 3.15. The molecule has 0 saturated heterocycles. The molecule has 0 bridgehead atoms. The van der Waals surface area contributed by atoms with Gasteiger partial charge in [0, 0.05) is 5.56 Å². The number of rotatable bonds is 5. The topological polar surface area (TPSA) is 80.0 Å². The minimum absolute atomic E-state index is 0.206. The van der Waals surface area contributed by atoms with Gasteiger partial charge in [0.1, 0.15) is 23.9 Å². The molecule has 1 aliphatic heterocycles. The van der Waals surface area contributed by atoms with Crippen molar-refractivity contribution in [3.63, 3.8) is 0 Å². The summed E-state index contributed by atoms with van der Waals surface area (Å²) in [5.41, 5.74) is 1.78. The summed E-state index contributed by atoms with van der Waals surface area (Å²) in [6.07, 6.45) is 0. The normalized spacial score (nSPS) is 13.2. The third-order valence-corrected chi connectivity index (χ3v) is 4.40. The Bertz CT molecular complexity index is 1000. The molecule has 0 fully saturated rings. The van der Waals surface area contributed by atoms with Crippen molar-refractivity contribution in [2.45, 2.75) is 13.5 Å². The maximum atomic E-state index is 12.9. The van der Waals surface area contributed by atoms with Crippen LogP contribution in [0.2, 0.25) is 0 Å². The first kappa shape index (κ1) is 17.1. The first-order valence-corrected chi connectivity index (χ1v) is 8.58. The van der Waals surface area contributed by atoms with Crippen LogP contribution in [-0.2, 0) is 6.61 Å². The van der Waals surface area contributed by atoms with Gasteiger partial charge in [0.25, 0.3) is 11.8 Å². The lowest BCUT2D eigenvalue weighted by atomic mass is 10.1. The molecule has 1 N–H and O–H groups in total. The van der Waals surface area contributed by atoms with E-state index in [2.05, 4.69) is 0 Å². The zero-order chi connectivity index (χ0) is 19.0. The summed E-state index contributed by atoms with van der Waals surface area (Å²) in [4.78, 5) is 26.8. The highest BCUT2D eigenvalue weighted by molar-refractivity contribution is 6.34. The molecule has 2 amide bonds. The second kappa shape index (κ2) is 6.74. The molecule has 0 aliphatic carbocycles. The van der Waals surface area contributed by atoms with Gasteiger partial charge in [0.05, 0.1) is 23.4 Å². The molecule has 4 rings (SSSR count). The van der Waals surface area contributed by atoms with Crippen molar-refractivity contribution in [3.05, 3.63) is 71.5 Å². The number of hydrogen-bond donors (Lipinski definition) is 1. The van der Waals surface area contributed by atoms with Crippen molar-refractivity contribution in [2.24, 2.45) is 0 Å². The van der Waals surface area contributed by atoms with Gasteiger partial charge in [-0.15, -0.1) is 0 Å². The van der Waals surface area contributed by atoms with Crippen LogP contribution < -0.4 is 9.64 Å². The van der Waals surface area contributed by atoms with E-state index in [1.807, 2.05) is 6.92 Å². The standard InChI is InChI=1S/C21H17NO5/c1-2-26-19-9-7-13(18-10-8-14(12-23)27-18)11-17(19)22-20(24)15-5-3-4-6-16(15)21(22)25/h3-11,23H,2,12H2,1H3. The molecule has 0 spiro atoms. The predicted molar refractivity (Wildman–Crippen MR) is 98.8 cm³/mol. The summed E-state index contributed by atoms with van der Waals surface area (Å²) >= 11 is 0. The summed E-state index contributed by atoms with van der Waals surface area (Å²) in [5.74, 6) is 0.624. The number of furan rings is 1. The second-order valence-corrected chi connectivity index (χ2v) is 6.03. The molecule has 0 saturated carbocycles. The fraction of sp³-hybridized carbons (Fsp3) is 0.143. The van der Waals surface area contributed by atoms with Gasteiger partial charge in [-0.2, -0.15) is 0 Å². The molecule has 6 heteroatoms. The number of carbonyl (C=O) groups is 2. The number of amides is 2. The number of aliphatic hydroxyl groups excluding tert-OH is 1. The van der Waals surface area contributed by atoms with Gasteiger partial charge in [-0.3, -0.25) is 9.59 Å². The quantitative estimate of drug-likeness (QED) is 0.700. The average molecular weight is 363 g/mol. The highest BCUT2D eigenvalue weighted by atomic mass is 16.5. The molecule has 136 valence electrons. The van der Waals surface area contributed by atoms with Gasteiger partial charge in [-0.05, 0) is 49.4 Å². The van der Waals surface area contributed by atoms with E-state index < -0.39 is 0 Å². The summed E-state index contributed by atoms with van der Waals surface area (Å²) in [7, 11) is 0. The average Bonchev–Trinajstić information content (AvgIpc) is 3.27. The van der Waals surface area contributed by atoms with E-state index in [4.69, 9.17) is 9.15 Å². The number of carbonyl (C=O) groups excluding carboxylic acids is 2. The van der Waals surface area contributed by atoms with Crippen molar-refractivity contribution in [2.75, 3.05) is 11.5 Å². The summed E-state index contributed by atoms with van der Waals surface area (Å²) in [5, 5.41) is 9.20. The maximum Gasteiger partial charge on any atom is 0.266 e. The van der Waals surface area contributed by atoms with Crippen LogP contribution in [0.3, 0.4) is 0 Å². The van der Waals surface area contributed by atoms with Crippen LogP contribution in [0, 0.1) is 0 Å². The number of ether oxygens (including phenoxy) is 1. The molecule has 0 unspecified atom stereocenters. The van der Waals surface area contributed by atoms with Crippen molar-refractivity contribution in [1.82, 2.24) is 0 Å². The van der Waals surface area contributed by atoms with Crippen molar-refractivity contribution < 1.29 is 23.8 Å². The summed E-state index contributed by atoms with van der Waals surface area (Å²) in [6.45, 7) is 2.02. The van der Waals surface area contributed by atoms with Crippen molar-refractivity contribution >= 4 is 17.5 Å². The zero-order valence-corrected chi connectivity index (χ0v) is 14.6. The number of imide groups is 1. The summed E-state index contributed by atoms with van der Waals surface area (Å²) in [6, 6.07) is 15.3.